The summed E-state index contributed by atoms with van der Waals surface area (Å²) >= 11 is 7.48. The fraction of sp³-hybridized carbons (Fsp3) is 0.278. The maximum absolute atomic E-state index is 5.87. The number of rotatable bonds is 9. The van der Waals surface area contributed by atoms with Crippen LogP contribution in [-0.2, 0) is 11.3 Å². The number of benzene rings is 1. The van der Waals surface area contributed by atoms with Crippen LogP contribution in [0.5, 0.6) is 5.75 Å². The van der Waals surface area contributed by atoms with Crippen LogP contribution >= 0.6 is 23.4 Å². The Bertz CT molecular complexity index is 812. The van der Waals surface area contributed by atoms with Crippen LogP contribution in [0.25, 0.3) is 11.4 Å². The molecule has 0 saturated heterocycles. The zero-order chi connectivity index (χ0) is 18.2. The molecule has 0 unspecified atom stereocenters. The van der Waals surface area contributed by atoms with E-state index in [1.165, 1.54) is 0 Å². The van der Waals surface area contributed by atoms with Crippen molar-refractivity contribution in [2.45, 2.75) is 11.7 Å². The van der Waals surface area contributed by atoms with Crippen molar-refractivity contribution in [1.29, 1.82) is 0 Å². The van der Waals surface area contributed by atoms with Gasteiger partial charge in [-0.05, 0) is 36.4 Å². The molecule has 0 N–H and O–H groups in total. The molecular formula is C18H19ClN4O2S. The fourth-order valence-electron chi connectivity index (χ4n) is 2.32. The highest BCUT2D eigenvalue weighted by molar-refractivity contribution is 7.99. The average molecular weight is 391 g/mol. The lowest BCUT2D eigenvalue weighted by Crippen LogP contribution is -2.08. The summed E-state index contributed by atoms with van der Waals surface area (Å²) in [6, 6.07) is 11.2. The molecule has 8 heteroatoms. The van der Waals surface area contributed by atoms with Gasteiger partial charge >= 0.3 is 0 Å². The number of aromatic nitrogens is 4. The fourth-order valence-corrected chi connectivity index (χ4v) is 3.22. The summed E-state index contributed by atoms with van der Waals surface area (Å²) in [5, 5.41) is 10.2. The monoisotopic (exact) mass is 390 g/mol. The van der Waals surface area contributed by atoms with E-state index in [9.17, 15) is 0 Å². The zero-order valence-electron chi connectivity index (χ0n) is 14.3. The van der Waals surface area contributed by atoms with Gasteiger partial charge in [-0.15, -0.1) is 10.2 Å². The molecule has 0 aliphatic rings. The number of hydrogen-bond donors (Lipinski definition) is 0. The van der Waals surface area contributed by atoms with Crippen LogP contribution in [0.15, 0.2) is 53.9 Å². The molecule has 26 heavy (non-hydrogen) atoms. The van der Waals surface area contributed by atoms with Crippen molar-refractivity contribution in [3.63, 3.8) is 0 Å². The van der Waals surface area contributed by atoms with Gasteiger partial charge in [-0.25, -0.2) is 0 Å². The number of thioether (sulfide) groups is 1. The summed E-state index contributed by atoms with van der Waals surface area (Å²) in [5.74, 6) is 2.36. The maximum Gasteiger partial charge on any atom is 0.191 e. The number of ether oxygens (including phenoxy) is 2. The largest absolute Gasteiger partial charge is 0.493 e. The molecule has 0 aliphatic heterocycles. The van der Waals surface area contributed by atoms with Crippen molar-refractivity contribution in [3.05, 3.63) is 53.8 Å². The van der Waals surface area contributed by atoms with E-state index in [0.717, 1.165) is 28.0 Å². The van der Waals surface area contributed by atoms with Crippen LogP contribution in [0, 0.1) is 0 Å². The number of methoxy groups -OCH3 is 1. The molecule has 0 bridgehead atoms. The Hall–Kier alpha value is -2.09. The third-order valence-corrected chi connectivity index (χ3v) is 4.75. The van der Waals surface area contributed by atoms with Crippen LogP contribution in [0.4, 0.5) is 0 Å². The zero-order valence-corrected chi connectivity index (χ0v) is 15.9. The number of halogens is 1. The third kappa shape index (κ3) is 4.97. The van der Waals surface area contributed by atoms with E-state index in [2.05, 4.69) is 19.7 Å². The second-order valence-electron chi connectivity index (χ2n) is 5.34. The SMILES string of the molecule is COCCn1c(SCCOc2ccc(Cl)cc2)nnc1-c1ccncc1. The lowest BCUT2D eigenvalue weighted by molar-refractivity contribution is 0.185. The van der Waals surface area contributed by atoms with Crippen molar-refractivity contribution < 1.29 is 9.47 Å². The highest BCUT2D eigenvalue weighted by Crippen LogP contribution is 2.24. The van der Waals surface area contributed by atoms with E-state index in [-0.39, 0.29) is 0 Å². The van der Waals surface area contributed by atoms with Crippen molar-refractivity contribution in [3.8, 4) is 17.1 Å². The van der Waals surface area contributed by atoms with Crippen molar-refractivity contribution in [2.24, 2.45) is 0 Å². The van der Waals surface area contributed by atoms with Crippen LogP contribution in [0.1, 0.15) is 0 Å². The van der Waals surface area contributed by atoms with E-state index in [1.807, 2.05) is 36.4 Å². The molecule has 0 fully saturated rings. The smallest absolute Gasteiger partial charge is 0.191 e. The summed E-state index contributed by atoms with van der Waals surface area (Å²) in [5.41, 5.74) is 0.980. The highest BCUT2D eigenvalue weighted by atomic mass is 35.5. The summed E-state index contributed by atoms with van der Waals surface area (Å²) in [6.45, 7) is 1.83. The lowest BCUT2D eigenvalue weighted by atomic mass is 10.2. The van der Waals surface area contributed by atoms with E-state index in [1.54, 1.807) is 31.3 Å². The predicted molar refractivity (Wildman–Crippen MR) is 103 cm³/mol. The topological polar surface area (TPSA) is 62.1 Å². The first kappa shape index (κ1) is 18.7. The maximum atomic E-state index is 5.87. The Morgan fingerprint density at radius 1 is 1.04 bits per heavy atom. The minimum absolute atomic E-state index is 0.564. The summed E-state index contributed by atoms with van der Waals surface area (Å²) in [4.78, 5) is 4.05. The van der Waals surface area contributed by atoms with Crippen LogP contribution < -0.4 is 4.74 Å². The standard InChI is InChI=1S/C18H19ClN4O2S/c1-24-11-10-23-17(14-6-8-20-9-7-14)21-22-18(23)26-13-12-25-16-4-2-15(19)3-5-16/h2-9H,10-13H2,1H3. The van der Waals surface area contributed by atoms with E-state index < -0.39 is 0 Å². The first-order chi connectivity index (χ1) is 12.8. The normalized spacial score (nSPS) is 10.8. The first-order valence-corrected chi connectivity index (χ1v) is 9.48. The van der Waals surface area contributed by atoms with Crippen molar-refractivity contribution >= 4 is 23.4 Å². The van der Waals surface area contributed by atoms with Crippen molar-refractivity contribution in [1.82, 2.24) is 19.7 Å². The van der Waals surface area contributed by atoms with Crippen LogP contribution in [0.2, 0.25) is 5.02 Å². The van der Waals surface area contributed by atoms with Crippen molar-refractivity contribution in [2.75, 3.05) is 26.1 Å². The Morgan fingerprint density at radius 2 is 1.81 bits per heavy atom. The molecule has 3 rings (SSSR count). The number of nitrogens with zero attached hydrogens (tertiary/aromatic N) is 4. The average Bonchev–Trinajstić information content (AvgIpc) is 3.08. The lowest BCUT2D eigenvalue weighted by Gasteiger charge is -2.10. The van der Waals surface area contributed by atoms with Gasteiger partial charge in [0.1, 0.15) is 5.75 Å². The molecule has 136 valence electrons. The number of pyridine rings is 1. The van der Waals surface area contributed by atoms with E-state index in [0.29, 0.717) is 24.8 Å². The predicted octanol–water partition coefficient (Wildman–Crippen LogP) is 3.81. The highest BCUT2D eigenvalue weighted by Gasteiger charge is 2.14. The van der Waals surface area contributed by atoms with Gasteiger partial charge in [-0.1, -0.05) is 23.4 Å². The van der Waals surface area contributed by atoms with Gasteiger partial charge in [-0.2, -0.15) is 0 Å². The van der Waals surface area contributed by atoms with Gasteiger partial charge in [0.05, 0.1) is 19.8 Å². The van der Waals surface area contributed by atoms with Crippen LogP contribution in [0.3, 0.4) is 0 Å². The van der Waals surface area contributed by atoms with Gasteiger partial charge in [0.2, 0.25) is 0 Å². The molecule has 2 aromatic heterocycles. The molecular weight excluding hydrogens is 372 g/mol. The second-order valence-corrected chi connectivity index (χ2v) is 6.84. The molecule has 0 spiro atoms. The van der Waals surface area contributed by atoms with Gasteiger partial charge in [0.25, 0.3) is 0 Å². The van der Waals surface area contributed by atoms with E-state index in [4.69, 9.17) is 21.1 Å². The summed E-state index contributed by atoms with van der Waals surface area (Å²) < 4.78 is 13.0. The van der Waals surface area contributed by atoms with Gasteiger partial charge in [0, 0.05) is 35.8 Å². The molecule has 0 amide bonds. The van der Waals surface area contributed by atoms with Gasteiger partial charge in [0.15, 0.2) is 11.0 Å². The van der Waals surface area contributed by atoms with Gasteiger partial charge in [-0.3, -0.25) is 9.55 Å². The molecule has 0 saturated carbocycles. The third-order valence-electron chi connectivity index (χ3n) is 3.57. The van der Waals surface area contributed by atoms with Gasteiger partial charge < -0.3 is 9.47 Å². The molecule has 3 aromatic rings. The summed E-state index contributed by atoms with van der Waals surface area (Å²) in [6.07, 6.45) is 3.49. The minimum Gasteiger partial charge on any atom is -0.493 e. The Balaban J connectivity index is 1.63. The molecule has 6 nitrogen and oxygen atoms in total. The van der Waals surface area contributed by atoms with Crippen LogP contribution in [-0.4, -0.2) is 45.8 Å². The molecule has 0 atom stereocenters. The molecule has 1 aromatic carbocycles. The number of hydrogen-bond acceptors (Lipinski definition) is 6. The minimum atomic E-state index is 0.564. The Morgan fingerprint density at radius 3 is 2.54 bits per heavy atom. The Kier molecular flexibility index (Phi) is 6.88. The molecule has 0 radical (unpaired) electrons. The quantitative estimate of drug-likeness (QED) is 0.409. The molecule has 2 heterocycles. The Labute approximate surface area is 161 Å². The summed E-state index contributed by atoms with van der Waals surface area (Å²) in [7, 11) is 1.68. The second kappa shape index (κ2) is 9.56. The first-order valence-electron chi connectivity index (χ1n) is 8.11. The van der Waals surface area contributed by atoms with E-state index >= 15 is 0 Å². The molecule has 0 aliphatic carbocycles.